The molecule has 1 saturated carbocycles. The number of benzene rings is 1. The summed E-state index contributed by atoms with van der Waals surface area (Å²) in [4.78, 5) is 15.1. The van der Waals surface area contributed by atoms with Crippen LogP contribution in [0.5, 0.6) is 0 Å². The minimum absolute atomic E-state index is 0.0557. The van der Waals surface area contributed by atoms with Crippen molar-refractivity contribution in [2.75, 3.05) is 12.8 Å². The molecule has 1 aromatic carbocycles. The first-order chi connectivity index (χ1) is 15.5. The Balaban J connectivity index is 1.58. The normalized spacial score (nSPS) is 15.0. The van der Waals surface area contributed by atoms with E-state index in [0.717, 1.165) is 12.8 Å². The van der Waals surface area contributed by atoms with Crippen molar-refractivity contribution in [3.8, 4) is 5.82 Å². The molecule has 0 atom stereocenters. The molecule has 4 rings (SSSR count). The fraction of sp³-hybridized carbons (Fsp3) is 0.400. The topological polar surface area (TPSA) is 140 Å². The number of halogens is 1. The molecule has 0 saturated heterocycles. The van der Waals surface area contributed by atoms with Gasteiger partial charge < -0.3 is 5.73 Å². The molecule has 1 aliphatic rings. The minimum Gasteiger partial charge on any atom is -0.378 e. The third-order valence-electron chi connectivity index (χ3n) is 5.55. The maximum atomic E-state index is 12.9. The lowest BCUT2D eigenvalue weighted by molar-refractivity contribution is 0.0947. The molecule has 12 heteroatoms. The number of carbonyl (C=O) groups is 1. The summed E-state index contributed by atoms with van der Waals surface area (Å²) in [5, 5.41) is 20.1. The highest BCUT2D eigenvalue weighted by Crippen LogP contribution is 2.24. The van der Waals surface area contributed by atoms with Crippen molar-refractivity contribution in [2.45, 2.75) is 44.7 Å². The van der Waals surface area contributed by atoms with Crippen molar-refractivity contribution in [3.05, 3.63) is 46.2 Å². The molecule has 168 valence electrons. The van der Waals surface area contributed by atoms with Gasteiger partial charge in [-0.05, 0) is 36.3 Å². The van der Waals surface area contributed by atoms with Crippen molar-refractivity contribution < 1.29 is 9.42 Å². The molecule has 0 radical (unpaired) electrons. The second kappa shape index (κ2) is 9.88. The van der Waals surface area contributed by atoms with Gasteiger partial charge in [-0.25, -0.2) is 10.1 Å². The number of hydrogen-bond donors (Lipinski definition) is 2. The van der Waals surface area contributed by atoms with Crippen LogP contribution in [-0.2, 0) is 6.54 Å². The lowest BCUT2D eigenvalue weighted by Crippen LogP contribution is -2.34. The molecule has 0 spiro atoms. The standard InChI is InChI=1S/C20H24ClN9O2/c1-29(14-8-3-2-4-9-14)12-16-17(24-28-30(16)19-18(22)26-32-27-19)20(31)25-23-11-13-7-5-6-10-15(13)21/h5-7,10-11,14H,2-4,8-9,12H2,1H3,(H2,22,26)(H,25,31). The highest BCUT2D eigenvalue weighted by Gasteiger charge is 2.27. The Hall–Kier alpha value is -3.31. The molecular formula is C20H24ClN9O2. The van der Waals surface area contributed by atoms with E-state index in [1.165, 1.54) is 30.2 Å². The first-order valence-corrected chi connectivity index (χ1v) is 10.7. The third-order valence-corrected chi connectivity index (χ3v) is 5.89. The fourth-order valence-electron chi connectivity index (χ4n) is 3.81. The van der Waals surface area contributed by atoms with Crippen LogP contribution in [0.3, 0.4) is 0 Å². The van der Waals surface area contributed by atoms with Gasteiger partial charge in [-0.15, -0.1) is 5.10 Å². The Kier molecular flexibility index (Phi) is 6.76. The number of carbonyl (C=O) groups excluding carboxylic acids is 1. The Morgan fingerprint density at radius 2 is 2.12 bits per heavy atom. The molecule has 11 nitrogen and oxygen atoms in total. The summed E-state index contributed by atoms with van der Waals surface area (Å²) in [6, 6.07) is 7.59. The van der Waals surface area contributed by atoms with Crippen molar-refractivity contribution in [1.82, 2.24) is 35.6 Å². The smallest absolute Gasteiger partial charge is 0.293 e. The molecule has 0 bridgehead atoms. The summed E-state index contributed by atoms with van der Waals surface area (Å²) in [5.41, 5.74) is 9.65. The van der Waals surface area contributed by atoms with Crippen molar-refractivity contribution in [3.63, 3.8) is 0 Å². The fourth-order valence-corrected chi connectivity index (χ4v) is 3.99. The number of nitrogens with zero attached hydrogens (tertiary/aromatic N) is 7. The number of nitrogen functional groups attached to an aromatic ring is 1. The summed E-state index contributed by atoms with van der Waals surface area (Å²) < 4.78 is 6.09. The third kappa shape index (κ3) is 4.78. The summed E-state index contributed by atoms with van der Waals surface area (Å²) >= 11 is 6.12. The first kappa shape index (κ1) is 21.9. The van der Waals surface area contributed by atoms with Crippen LogP contribution in [0, 0.1) is 0 Å². The number of nitrogens with two attached hydrogens (primary N) is 1. The van der Waals surface area contributed by atoms with Gasteiger partial charge in [0.25, 0.3) is 5.91 Å². The summed E-state index contributed by atoms with van der Waals surface area (Å²) in [6.07, 6.45) is 7.32. The van der Waals surface area contributed by atoms with Gasteiger partial charge in [0.1, 0.15) is 0 Å². The number of rotatable bonds is 7. The van der Waals surface area contributed by atoms with Gasteiger partial charge in [-0.2, -0.15) is 9.78 Å². The number of nitrogens with one attached hydrogen (secondary N) is 1. The summed E-state index contributed by atoms with van der Waals surface area (Å²) in [6.45, 7) is 0.418. The van der Waals surface area contributed by atoms with Crippen LogP contribution in [0.1, 0.15) is 53.8 Å². The van der Waals surface area contributed by atoms with E-state index in [-0.39, 0.29) is 17.3 Å². The molecule has 3 N–H and O–H groups in total. The first-order valence-electron chi connectivity index (χ1n) is 10.4. The monoisotopic (exact) mass is 457 g/mol. The van der Waals surface area contributed by atoms with E-state index < -0.39 is 5.91 Å². The predicted molar refractivity (Wildman–Crippen MR) is 118 cm³/mol. The van der Waals surface area contributed by atoms with Crippen LogP contribution in [0.25, 0.3) is 5.82 Å². The van der Waals surface area contributed by atoms with Crippen LogP contribution < -0.4 is 11.2 Å². The SMILES string of the molecule is CN(Cc1c(C(=O)NN=Cc2ccccc2Cl)nnn1-c1nonc1N)C1CCCCC1. The van der Waals surface area contributed by atoms with Gasteiger partial charge in [0.05, 0.1) is 11.9 Å². The lowest BCUT2D eigenvalue weighted by Gasteiger charge is -2.31. The van der Waals surface area contributed by atoms with E-state index in [1.807, 2.05) is 19.2 Å². The van der Waals surface area contributed by atoms with Gasteiger partial charge in [-0.3, -0.25) is 9.69 Å². The van der Waals surface area contributed by atoms with Crippen LogP contribution in [0.15, 0.2) is 34.0 Å². The number of amides is 1. The Bertz CT molecular complexity index is 1100. The van der Waals surface area contributed by atoms with E-state index in [1.54, 1.807) is 12.1 Å². The molecule has 0 unspecified atom stereocenters. The molecule has 1 aliphatic carbocycles. The molecule has 2 heterocycles. The van der Waals surface area contributed by atoms with Crippen LogP contribution in [-0.4, -0.2) is 55.4 Å². The summed E-state index contributed by atoms with van der Waals surface area (Å²) in [5.74, 6) is -0.273. The van der Waals surface area contributed by atoms with Gasteiger partial charge in [0.15, 0.2) is 5.69 Å². The highest BCUT2D eigenvalue weighted by molar-refractivity contribution is 6.33. The molecule has 3 aromatic rings. The van der Waals surface area contributed by atoms with Gasteiger partial charge >= 0.3 is 0 Å². The van der Waals surface area contributed by atoms with E-state index in [9.17, 15) is 4.79 Å². The van der Waals surface area contributed by atoms with E-state index in [0.29, 0.717) is 28.9 Å². The quantitative estimate of drug-likeness (QED) is 0.407. The average molecular weight is 458 g/mol. The number of anilines is 1. The van der Waals surface area contributed by atoms with E-state index in [2.05, 4.69) is 36.1 Å². The molecule has 1 amide bonds. The number of aromatic nitrogens is 5. The van der Waals surface area contributed by atoms with Crippen LogP contribution in [0.2, 0.25) is 5.02 Å². The second-order valence-corrected chi connectivity index (χ2v) is 8.10. The van der Waals surface area contributed by atoms with Crippen molar-refractivity contribution in [1.29, 1.82) is 0 Å². The highest BCUT2D eigenvalue weighted by atomic mass is 35.5. The Morgan fingerprint density at radius 3 is 2.84 bits per heavy atom. The zero-order valence-corrected chi connectivity index (χ0v) is 18.4. The molecule has 32 heavy (non-hydrogen) atoms. The zero-order valence-electron chi connectivity index (χ0n) is 17.6. The summed E-state index contributed by atoms with van der Waals surface area (Å²) in [7, 11) is 2.02. The maximum absolute atomic E-state index is 12.9. The maximum Gasteiger partial charge on any atom is 0.293 e. The van der Waals surface area contributed by atoms with Crippen LogP contribution in [0.4, 0.5) is 5.82 Å². The van der Waals surface area contributed by atoms with Crippen molar-refractivity contribution in [2.24, 2.45) is 5.10 Å². The van der Waals surface area contributed by atoms with Gasteiger partial charge in [-0.1, -0.05) is 54.3 Å². The minimum atomic E-state index is -0.512. The van der Waals surface area contributed by atoms with E-state index >= 15 is 0 Å². The Labute approximate surface area is 189 Å². The van der Waals surface area contributed by atoms with Gasteiger partial charge in [0, 0.05) is 23.2 Å². The van der Waals surface area contributed by atoms with Crippen LogP contribution >= 0.6 is 11.6 Å². The van der Waals surface area contributed by atoms with E-state index in [4.69, 9.17) is 22.0 Å². The zero-order chi connectivity index (χ0) is 22.5. The number of hydrazone groups is 1. The second-order valence-electron chi connectivity index (χ2n) is 7.70. The largest absolute Gasteiger partial charge is 0.378 e. The molecular weight excluding hydrogens is 434 g/mol. The Morgan fingerprint density at radius 1 is 1.34 bits per heavy atom. The molecule has 2 aromatic heterocycles. The molecule has 1 fully saturated rings. The number of hydrogen-bond acceptors (Lipinski definition) is 9. The van der Waals surface area contributed by atoms with Gasteiger partial charge in [0.2, 0.25) is 11.6 Å². The molecule has 0 aliphatic heterocycles. The lowest BCUT2D eigenvalue weighted by atomic mass is 9.94. The van der Waals surface area contributed by atoms with Crippen molar-refractivity contribution >= 4 is 29.5 Å². The average Bonchev–Trinajstić information content (AvgIpc) is 3.41. The predicted octanol–water partition coefficient (Wildman–Crippen LogP) is 2.41.